The van der Waals surface area contributed by atoms with Crippen molar-refractivity contribution in [1.29, 1.82) is 0 Å². The molecule has 29 heteroatoms. The highest BCUT2D eigenvalue weighted by molar-refractivity contribution is 6.04. The van der Waals surface area contributed by atoms with Crippen molar-refractivity contribution in [2.75, 3.05) is 69.0 Å². The molecule has 578 valence electrons. The van der Waals surface area contributed by atoms with E-state index in [1.165, 1.54) is 9.13 Å². The van der Waals surface area contributed by atoms with Gasteiger partial charge in [0.15, 0.2) is 0 Å². The van der Waals surface area contributed by atoms with Crippen LogP contribution in [0.2, 0.25) is 0 Å². The molecule has 4 saturated heterocycles. The molecule has 2 saturated carbocycles. The summed E-state index contributed by atoms with van der Waals surface area (Å²) in [5, 5.41) is 24.6. The first-order valence-corrected chi connectivity index (χ1v) is 39.4. The fourth-order valence-electron chi connectivity index (χ4n) is 19.0. The van der Waals surface area contributed by atoms with Crippen LogP contribution in [-0.4, -0.2) is 162 Å². The van der Waals surface area contributed by atoms with E-state index >= 15 is 0 Å². The third-order valence-electron chi connectivity index (χ3n) is 25.0. The third-order valence-corrected chi connectivity index (χ3v) is 25.0. The number of ether oxygens (including phenoxy) is 2. The van der Waals surface area contributed by atoms with E-state index in [2.05, 4.69) is 81.9 Å². The maximum atomic E-state index is 14.7. The molecular formula is C83H91N19O10. The van der Waals surface area contributed by atoms with Crippen molar-refractivity contribution in [3.8, 4) is 11.5 Å². The summed E-state index contributed by atoms with van der Waals surface area (Å²) < 4.78 is 26.2. The average Bonchev–Trinajstić information content (AvgIpc) is 1.50. The normalized spacial score (nSPS) is 21.3. The molecule has 2 unspecified atom stereocenters. The number of piperidine rings is 4. The molecule has 0 radical (unpaired) electrons. The number of anilines is 3. The first-order chi connectivity index (χ1) is 54.4. The molecule has 12 heterocycles. The minimum Gasteiger partial charge on any atom is -0.494 e. The number of para-hydroxylation sites is 2. The van der Waals surface area contributed by atoms with Gasteiger partial charge in [0.25, 0.3) is 0 Å². The number of fused-ring (bicyclic) bond motifs is 6. The maximum Gasteiger partial charge on any atom is 0.331 e. The van der Waals surface area contributed by atoms with Gasteiger partial charge in [0.05, 0.1) is 69.4 Å². The van der Waals surface area contributed by atoms with Gasteiger partial charge in [-0.15, -0.1) is 0 Å². The number of hydrogen-bond acceptors (Lipinski definition) is 17. The van der Waals surface area contributed by atoms with E-state index in [1.807, 2.05) is 78.9 Å². The Kier molecular flexibility index (Phi) is 18.9. The Labute approximate surface area is 643 Å². The standard InChI is InChI=1S/C83H91N19O10/c1-92(56-30-36-96(37-31-56)65-12-6-14-67-75(65)94(3)83(110)102(67)69-24-26-73(104)89-79(69)106)43-49-15-19-57(20-16-49)100-47-54-40-64(87-80(107)97-38-29-52-9-7-32-84-76(52)97)71(42-62(54)91-100)112-48-55-45-98(77-60(55)11-8-33-85-77)81(108)86-63-39-53-46-99(90-61(53)41-70(63)111-4)58-21-17-50(18-22-58)44-95-34-27-51(28-35-95)59-10-5-13-66-74(59)93(2)82(109)101(66)68-23-25-72(103)88-78(68)105/h5-14,29,32-33,38-42,45-47,49-51,56-58,68-69H,15-28,30-31,34-37,43-44,48H2,1-4H3,(H,86,108)(H,87,107)(H,88,103,105)(H,89,104,106)/t49-,50-,57-,58-,68?,69?. The van der Waals surface area contributed by atoms with Gasteiger partial charge in [-0.2, -0.15) is 10.2 Å². The van der Waals surface area contributed by atoms with Crippen LogP contribution < -0.4 is 47.0 Å². The molecule has 4 aliphatic heterocycles. The van der Waals surface area contributed by atoms with Gasteiger partial charge in [0.2, 0.25) is 23.6 Å². The van der Waals surface area contributed by atoms with Crippen LogP contribution in [-0.2, 0) is 39.9 Å². The molecular weight excluding hydrogens is 1420 g/mol. The first kappa shape index (κ1) is 71.9. The van der Waals surface area contributed by atoms with Crippen molar-refractivity contribution in [2.45, 2.75) is 145 Å². The number of carbonyl (C=O) groups excluding carboxylic acids is 6. The fraction of sp³-hybridized carbons (Fsp3) is 0.422. The lowest BCUT2D eigenvalue weighted by Crippen LogP contribution is -2.45. The minimum atomic E-state index is -0.738. The maximum absolute atomic E-state index is 14.7. The second kappa shape index (κ2) is 29.5. The predicted octanol–water partition coefficient (Wildman–Crippen LogP) is 11.0. The highest BCUT2D eigenvalue weighted by atomic mass is 16.5. The largest absolute Gasteiger partial charge is 0.494 e. The molecule has 4 aromatic carbocycles. The summed E-state index contributed by atoms with van der Waals surface area (Å²) >= 11 is 0. The van der Waals surface area contributed by atoms with Crippen LogP contribution >= 0.6 is 0 Å². The SMILES string of the molecule is COc1cc2nn([C@H]3CC[C@H](CN4CCC(c5cccc6c5n(C)c(=O)n6C5CCC(=O)NC5=O)CC4)CC3)cc2cc1NC(=O)n1cc(COc2cc3nn([C@H]4CC[C@H](CN(C)C5CCN(c6cccc7c6n(C)c(=O)n7C6CCC(=O)NC6=O)CC5)CC4)cc3cc2NC(=O)n2ccc3cccnc32)c2cccnc21. The number of likely N-dealkylation sites (tertiary alicyclic amines) is 1. The molecule has 6 amide bonds. The summed E-state index contributed by atoms with van der Waals surface area (Å²) in [6.45, 7) is 5.61. The summed E-state index contributed by atoms with van der Waals surface area (Å²) in [6, 6.07) is 27.3. The molecule has 2 atom stereocenters. The van der Waals surface area contributed by atoms with Crippen LogP contribution in [0.25, 0.3) is 65.9 Å². The van der Waals surface area contributed by atoms with Gasteiger partial charge in [-0.05, 0) is 194 Å². The lowest BCUT2D eigenvalue weighted by atomic mass is 9.84. The molecule has 0 bridgehead atoms. The number of nitrogens with one attached hydrogen (secondary N) is 4. The van der Waals surface area contributed by atoms with Gasteiger partial charge in [0.1, 0.15) is 41.5 Å². The number of carbonyl (C=O) groups is 6. The van der Waals surface area contributed by atoms with E-state index in [0.29, 0.717) is 80.4 Å². The second-order valence-electron chi connectivity index (χ2n) is 31.7. The first-order valence-electron chi connectivity index (χ1n) is 39.4. The van der Waals surface area contributed by atoms with Gasteiger partial charge in [0, 0.05) is 136 Å². The number of imidazole rings is 2. The minimum absolute atomic E-state index is 0.0102. The van der Waals surface area contributed by atoms with Gasteiger partial charge in [-0.1, -0.05) is 18.2 Å². The number of benzene rings is 4. The molecule has 6 aliphatic rings. The fourth-order valence-corrected chi connectivity index (χ4v) is 19.0. The summed E-state index contributed by atoms with van der Waals surface area (Å²) in [7, 11) is 7.36. The Morgan fingerprint density at radius 3 is 1.78 bits per heavy atom. The number of pyridine rings is 2. The smallest absolute Gasteiger partial charge is 0.331 e. The number of hydrogen-bond donors (Lipinski definition) is 4. The summed E-state index contributed by atoms with van der Waals surface area (Å²) in [5.41, 5.74) is 8.70. The Balaban J connectivity index is 0.511. The second-order valence-corrected chi connectivity index (χ2v) is 31.7. The van der Waals surface area contributed by atoms with Crippen LogP contribution in [0.1, 0.15) is 144 Å². The van der Waals surface area contributed by atoms with Crippen molar-refractivity contribution in [3.05, 3.63) is 160 Å². The lowest BCUT2D eigenvalue weighted by molar-refractivity contribution is -0.137. The molecule has 112 heavy (non-hydrogen) atoms. The molecule has 18 rings (SSSR count). The van der Waals surface area contributed by atoms with Crippen LogP contribution in [0.15, 0.2) is 138 Å². The lowest BCUT2D eigenvalue weighted by Gasteiger charge is -2.40. The van der Waals surface area contributed by atoms with E-state index in [9.17, 15) is 38.4 Å². The summed E-state index contributed by atoms with van der Waals surface area (Å²) in [4.78, 5) is 123. The number of imide groups is 2. The van der Waals surface area contributed by atoms with E-state index in [1.54, 1.807) is 64.3 Å². The topological polar surface area (TPSA) is 304 Å². The van der Waals surface area contributed by atoms with Gasteiger partial charge in [-0.25, -0.2) is 29.1 Å². The Bertz CT molecular complexity index is 5860. The Morgan fingerprint density at radius 2 is 1.14 bits per heavy atom. The van der Waals surface area contributed by atoms with Crippen molar-refractivity contribution in [2.24, 2.45) is 25.9 Å². The van der Waals surface area contributed by atoms with Gasteiger partial charge >= 0.3 is 23.4 Å². The van der Waals surface area contributed by atoms with Crippen molar-refractivity contribution in [3.63, 3.8) is 0 Å². The molecule has 4 N–H and O–H groups in total. The molecule has 0 spiro atoms. The van der Waals surface area contributed by atoms with Gasteiger partial charge < -0.3 is 34.8 Å². The van der Waals surface area contributed by atoms with E-state index in [4.69, 9.17) is 24.7 Å². The zero-order valence-electron chi connectivity index (χ0n) is 63.3. The molecule has 2 aliphatic carbocycles. The summed E-state index contributed by atoms with van der Waals surface area (Å²) in [5.74, 6) is 0.708. The zero-order valence-corrected chi connectivity index (χ0v) is 63.3. The van der Waals surface area contributed by atoms with Crippen molar-refractivity contribution >= 4 is 119 Å². The highest BCUT2D eigenvalue weighted by Crippen LogP contribution is 2.42. The average molecular weight is 1510 g/mol. The number of amides is 6. The molecule has 6 fully saturated rings. The quantitative estimate of drug-likeness (QED) is 0.0616. The molecule has 12 aromatic rings. The Morgan fingerprint density at radius 1 is 0.571 bits per heavy atom. The predicted molar refractivity (Wildman–Crippen MR) is 424 cm³/mol. The number of rotatable bonds is 17. The molecule has 8 aromatic heterocycles. The monoisotopic (exact) mass is 1510 g/mol. The van der Waals surface area contributed by atoms with E-state index in [0.717, 1.165) is 166 Å². The van der Waals surface area contributed by atoms with E-state index in [-0.39, 0.29) is 67.1 Å². The van der Waals surface area contributed by atoms with Crippen LogP contribution in [0.5, 0.6) is 11.5 Å². The van der Waals surface area contributed by atoms with Gasteiger partial charge in [-0.3, -0.25) is 66.6 Å². The van der Waals surface area contributed by atoms with Crippen molar-refractivity contribution in [1.82, 2.24) is 77.4 Å². The third kappa shape index (κ3) is 13.3. The Hall–Kier alpha value is -11.7. The highest BCUT2D eigenvalue weighted by Gasteiger charge is 2.37. The molecule has 29 nitrogen and oxygen atoms in total. The van der Waals surface area contributed by atoms with E-state index < -0.39 is 36.0 Å². The van der Waals surface area contributed by atoms with Crippen molar-refractivity contribution < 1.29 is 38.2 Å². The number of methoxy groups -OCH3 is 1. The number of aryl methyl sites for hydroxylation is 2. The van der Waals surface area contributed by atoms with Crippen LogP contribution in [0.4, 0.5) is 26.7 Å². The summed E-state index contributed by atoms with van der Waals surface area (Å²) in [6.07, 6.45) is 23.9. The zero-order chi connectivity index (χ0) is 76.7. The van der Waals surface area contributed by atoms with Crippen LogP contribution in [0, 0.1) is 11.8 Å². The number of nitrogens with zero attached hydrogens (tertiary/aromatic N) is 15. The van der Waals surface area contributed by atoms with Crippen LogP contribution in [0.3, 0.4) is 0 Å². The number of aromatic nitrogens is 12.